The van der Waals surface area contributed by atoms with E-state index in [0.29, 0.717) is 5.69 Å². The van der Waals surface area contributed by atoms with E-state index in [1.165, 1.54) is 0 Å². The number of rotatable bonds is 5. The van der Waals surface area contributed by atoms with Crippen molar-refractivity contribution >= 4 is 21.6 Å². The number of amides is 2. The smallest absolute Gasteiger partial charge is 0.319 e. The second-order valence-corrected chi connectivity index (χ2v) is 7.07. The van der Waals surface area contributed by atoms with Crippen molar-refractivity contribution in [3.05, 3.63) is 29.8 Å². The predicted octanol–water partition coefficient (Wildman–Crippen LogP) is 1.29. The van der Waals surface area contributed by atoms with Crippen molar-refractivity contribution in [2.24, 2.45) is 0 Å². The van der Waals surface area contributed by atoms with Crippen LogP contribution in [0, 0.1) is 0 Å². The third-order valence-corrected chi connectivity index (χ3v) is 3.69. The van der Waals surface area contributed by atoms with Gasteiger partial charge in [-0.3, -0.25) is 0 Å². The predicted molar refractivity (Wildman–Crippen MR) is 78.4 cm³/mol. The molecule has 20 heavy (non-hydrogen) atoms. The van der Waals surface area contributed by atoms with Gasteiger partial charge in [-0.2, -0.15) is 0 Å². The lowest BCUT2D eigenvalue weighted by Gasteiger charge is -2.14. The Balaban J connectivity index is 2.54. The van der Waals surface area contributed by atoms with Crippen LogP contribution in [-0.2, 0) is 9.84 Å². The molecule has 0 heterocycles. The Morgan fingerprint density at radius 1 is 1.25 bits per heavy atom. The van der Waals surface area contributed by atoms with E-state index >= 15 is 0 Å². The van der Waals surface area contributed by atoms with Crippen LogP contribution in [0.25, 0.3) is 0 Å². The molecular formula is C13H20N2O4S. The topological polar surface area (TPSA) is 95.5 Å². The maximum Gasteiger partial charge on any atom is 0.319 e. The second kappa shape index (κ2) is 6.71. The van der Waals surface area contributed by atoms with Crippen LogP contribution in [0.2, 0.25) is 0 Å². The Kier molecular flexibility index (Phi) is 5.52. The fourth-order valence-electron chi connectivity index (χ4n) is 1.73. The molecule has 0 aromatic heterocycles. The van der Waals surface area contributed by atoms with Gasteiger partial charge in [0.25, 0.3) is 0 Å². The van der Waals surface area contributed by atoms with Crippen molar-refractivity contribution in [2.75, 3.05) is 17.3 Å². The number of hydrogen-bond acceptors (Lipinski definition) is 4. The molecule has 7 heteroatoms. The van der Waals surface area contributed by atoms with E-state index in [9.17, 15) is 18.3 Å². The second-order valence-electron chi connectivity index (χ2n) is 4.89. The van der Waals surface area contributed by atoms with Crippen molar-refractivity contribution < 1.29 is 18.3 Å². The van der Waals surface area contributed by atoms with Gasteiger partial charge in [-0.05, 0) is 31.5 Å². The molecule has 0 saturated carbocycles. The third-order valence-electron chi connectivity index (χ3n) is 2.58. The van der Waals surface area contributed by atoms with Crippen molar-refractivity contribution in [2.45, 2.75) is 26.0 Å². The normalized spacial score (nSPS) is 14.4. The van der Waals surface area contributed by atoms with E-state index in [1.807, 2.05) is 0 Å². The summed E-state index contributed by atoms with van der Waals surface area (Å²) in [5, 5.41) is 14.5. The Morgan fingerprint density at radius 3 is 2.25 bits per heavy atom. The first-order valence-corrected chi connectivity index (χ1v) is 8.26. The molecule has 2 amide bonds. The highest BCUT2D eigenvalue weighted by molar-refractivity contribution is 7.90. The summed E-state index contributed by atoms with van der Waals surface area (Å²) in [7, 11) is -3.13. The number of carbonyl (C=O) groups is 1. The number of anilines is 1. The summed E-state index contributed by atoms with van der Waals surface area (Å²) in [4.78, 5) is 11.7. The van der Waals surface area contributed by atoms with Gasteiger partial charge in [-0.15, -0.1) is 0 Å². The van der Waals surface area contributed by atoms with E-state index in [0.717, 1.165) is 11.8 Å². The molecule has 1 rings (SSSR count). The summed E-state index contributed by atoms with van der Waals surface area (Å²) in [6, 6.07) is 5.82. The molecule has 2 unspecified atom stereocenters. The molecule has 0 spiro atoms. The molecule has 0 fully saturated rings. The zero-order chi connectivity index (χ0) is 15.3. The van der Waals surface area contributed by atoms with Gasteiger partial charge in [-0.1, -0.05) is 12.1 Å². The molecule has 6 nitrogen and oxygen atoms in total. The number of hydrogen-bond donors (Lipinski definition) is 3. The summed E-state index contributed by atoms with van der Waals surface area (Å²) in [6.45, 7) is 3.28. The minimum atomic E-state index is -3.13. The largest absolute Gasteiger partial charge is 0.389 e. The lowest BCUT2D eigenvalue weighted by Crippen LogP contribution is -2.39. The van der Waals surface area contributed by atoms with Crippen LogP contribution >= 0.6 is 0 Å². The van der Waals surface area contributed by atoms with Gasteiger partial charge in [-0.25, -0.2) is 13.2 Å². The summed E-state index contributed by atoms with van der Waals surface area (Å²) in [5.74, 6) is -0.110. The molecule has 1 aromatic rings. The molecule has 0 saturated heterocycles. The molecule has 3 N–H and O–H groups in total. The van der Waals surface area contributed by atoms with Crippen LogP contribution in [0.4, 0.5) is 10.5 Å². The Bertz CT molecular complexity index is 552. The van der Waals surface area contributed by atoms with E-state index < -0.39 is 28.0 Å². The van der Waals surface area contributed by atoms with Gasteiger partial charge in [0, 0.05) is 18.0 Å². The number of carbonyl (C=O) groups excluding carboxylic acids is 1. The average Bonchev–Trinajstić information content (AvgIpc) is 2.26. The number of aliphatic hydroxyl groups excluding tert-OH is 1. The van der Waals surface area contributed by atoms with E-state index in [4.69, 9.17) is 0 Å². The first kappa shape index (κ1) is 16.5. The third kappa shape index (κ3) is 6.03. The molecule has 0 aliphatic carbocycles. The van der Waals surface area contributed by atoms with Crippen LogP contribution in [0.3, 0.4) is 0 Å². The summed E-state index contributed by atoms with van der Waals surface area (Å²) in [5.41, 5.74) is 1.32. The maximum atomic E-state index is 11.7. The van der Waals surface area contributed by atoms with Crippen molar-refractivity contribution in [3.63, 3.8) is 0 Å². The molecular weight excluding hydrogens is 280 g/mol. The van der Waals surface area contributed by atoms with Crippen molar-refractivity contribution in [3.8, 4) is 0 Å². The van der Waals surface area contributed by atoms with Crippen LogP contribution in [0.15, 0.2) is 24.3 Å². The fraction of sp³-hybridized carbons (Fsp3) is 0.462. The minimum absolute atomic E-state index is 0.110. The van der Waals surface area contributed by atoms with Crippen molar-refractivity contribution in [1.82, 2.24) is 5.32 Å². The highest BCUT2D eigenvalue weighted by Crippen LogP contribution is 2.15. The molecule has 0 aliphatic rings. The van der Waals surface area contributed by atoms with E-state index in [2.05, 4.69) is 10.6 Å². The average molecular weight is 300 g/mol. The van der Waals surface area contributed by atoms with Gasteiger partial charge in [0.1, 0.15) is 9.84 Å². The lowest BCUT2D eigenvalue weighted by atomic mass is 10.1. The standard InChI is InChI=1S/C13H20N2O4S/c1-9(8-20(3,18)19)14-13(17)15-12-6-4-11(5-7-12)10(2)16/h4-7,9-10,16H,8H2,1-3H3,(H2,14,15,17). The van der Waals surface area contributed by atoms with Gasteiger partial charge in [0.15, 0.2) is 0 Å². The summed E-state index contributed by atoms with van der Waals surface area (Å²) >= 11 is 0. The molecule has 112 valence electrons. The molecule has 1 aromatic carbocycles. The molecule has 0 bridgehead atoms. The van der Waals surface area contributed by atoms with Gasteiger partial charge >= 0.3 is 6.03 Å². The number of benzene rings is 1. The quantitative estimate of drug-likeness (QED) is 0.763. The number of nitrogens with one attached hydrogen (secondary N) is 2. The summed E-state index contributed by atoms with van der Waals surface area (Å²) < 4.78 is 22.2. The highest BCUT2D eigenvalue weighted by atomic mass is 32.2. The monoisotopic (exact) mass is 300 g/mol. The zero-order valence-corrected chi connectivity index (χ0v) is 12.6. The molecule has 2 atom stereocenters. The highest BCUT2D eigenvalue weighted by Gasteiger charge is 2.13. The Morgan fingerprint density at radius 2 is 1.80 bits per heavy atom. The fourth-order valence-corrected chi connectivity index (χ4v) is 2.72. The maximum absolute atomic E-state index is 11.7. The SMILES string of the molecule is CC(CS(C)(=O)=O)NC(=O)Nc1ccc(C(C)O)cc1. The Labute approximate surface area is 119 Å². The van der Waals surface area contributed by atoms with Gasteiger partial charge < -0.3 is 15.7 Å². The van der Waals surface area contributed by atoms with Crippen LogP contribution in [-0.4, -0.2) is 37.6 Å². The number of urea groups is 1. The van der Waals surface area contributed by atoms with Crippen molar-refractivity contribution in [1.29, 1.82) is 0 Å². The van der Waals surface area contributed by atoms with Crippen LogP contribution < -0.4 is 10.6 Å². The van der Waals surface area contributed by atoms with Gasteiger partial charge in [0.2, 0.25) is 0 Å². The van der Waals surface area contributed by atoms with E-state index in [1.54, 1.807) is 38.1 Å². The van der Waals surface area contributed by atoms with E-state index in [-0.39, 0.29) is 5.75 Å². The Hall–Kier alpha value is -1.60. The molecule has 0 aliphatic heterocycles. The van der Waals surface area contributed by atoms with Gasteiger partial charge in [0.05, 0.1) is 11.9 Å². The lowest BCUT2D eigenvalue weighted by molar-refractivity contribution is 0.199. The van der Waals surface area contributed by atoms with Crippen LogP contribution in [0.1, 0.15) is 25.5 Å². The number of sulfone groups is 1. The zero-order valence-electron chi connectivity index (χ0n) is 11.8. The first-order chi connectivity index (χ1) is 9.17. The number of aliphatic hydroxyl groups is 1. The van der Waals surface area contributed by atoms with Crippen LogP contribution in [0.5, 0.6) is 0 Å². The first-order valence-electron chi connectivity index (χ1n) is 6.20. The minimum Gasteiger partial charge on any atom is -0.389 e. The summed E-state index contributed by atoms with van der Waals surface area (Å²) in [6.07, 6.45) is 0.561. The molecule has 0 radical (unpaired) electrons.